The SMILES string of the molecule is Cc1ccccc1.OC1CNC1. The average Bonchev–Trinajstić information content (AvgIpc) is 2.04. The Morgan fingerprint density at radius 1 is 1.25 bits per heavy atom. The molecule has 1 aliphatic heterocycles. The van der Waals surface area contributed by atoms with E-state index in [2.05, 4.69) is 24.4 Å². The predicted octanol–water partition coefficient (Wildman–Crippen LogP) is 0.946. The van der Waals surface area contributed by atoms with Gasteiger partial charge in [-0.15, -0.1) is 0 Å². The van der Waals surface area contributed by atoms with Gasteiger partial charge in [-0.2, -0.15) is 0 Å². The van der Waals surface area contributed by atoms with Crippen LogP contribution in [0.1, 0.15) is 5.56 Å². The summed E-state index contributed by atoms with van der Waals surface area (Å²) in [5.74, 6) is 0. The number of rotatable bonds is 0. The molecule has 2 rings (SSSR count). The van der Waals surface area contributed by atoms with Crippen LogP contribution in [-0.2, 0) is 0 Å². The molecule has 0 amide bonds. The van der Waals surface area contributed by atoms with Gasteiger partial charge in [0.05, 0.1) is 6.10 Å². The summed E-state index contributed by atoms with van der Waals surface area (Å²) < 4.78 is 0. The third kappa shape index (κ3) is 3.51. The molecule has 0 aliphatic carbocycles. The van der Waals surface area contributed by atoms with Crippen LogP contribution >= 0.6 is 0 Å². The van der Waals surface area contributed by atoms with Crippen LogP contribution in [0.5, 0.6) is 0 Å². The molecule has 1 saturated heterocycles. The number of aliphatic hydroxyl groups is 1. The minimum atomic E-state index is -0.0463. The summed E-state index contributed by atoms with van der Waals surface area (Å²) in [6.07, 6.45) is -0.0463. The standard InChI is InChI=1S/C7H8.C3H7NO/c1-7-5-3-2-4-6-7;5-3-1-4-2-3/h2-6H,1H3;3-5H,1-2H2. The molecule has 0 radical (unpaired) electrons. The van der Waals surface area contributed by atoms with Gasteiger partial charge >= 0.3 is 0 Å². The molecule has 2 heteroatoms. The maximum Gasteiger partial charge on any atom is 0.0788 e. The third-order valence-electron chi connectivity index (χ3n) is 1.70. The number of nitrogens with one attached hydrogen (secondary N) is 1. The zero-order chi connectivity index (χ0) is 8.81. The monoisotopic (exact) mass is 165 g/mol. The predicted molar refractivity (Wildman–Crippen MR) is 50.1 cm³/mol. The molecule has 0 atom stereocenters. The van der Waals surface area contributed by atoms with E-state index in [1.807, 2.05) is 18.2 Å². The van der Waals surface area contributed by atoms with Gasteiger partial charge in [-0.3, -0.25) is 0 Å². The van der Waals surface area contributed by atoms with Gasteiger partial charge in [-0.05, 0) is 6.92 Å². The fraction of sp³-hybridized carbons (Fsp3) is 0.400. The molecule has 1 fully saturated rings. The molecule has 1 aromatic carbocycles. The zero-order valence-corrected chi connectivity index (χ0v) is 7.33. The van der Waals surface area contributed by atoms with Crippen LogP contribution < -0.4 is 5.32 Å². The fourth-order valence-electron chi connectivity index (χ4n) is 0.808. The molecular weight excluding hydrogens is 150 g/mol. The van der Waals surface area contributed by atoms with E-state index in [1.165, 1.54) is 5.56 Å². The zero-order valence-electron chi connectivity index (χ0n) is 7.33. The highest BCUT2D eigenvalue weighted by Crippen LogP contribution is 1.92. The van der Waals surface area contributed by atoms with E-state index in [0.29, 0.717) is 0 Å². The number of β-amino-alcohol motifs (C(OH)–C–C–N with tert-alkyl or cyclic N) is 1. The van der Waals surface area contributed by atoms with Crippen LogP contribution in [0.15, 0.2) is 30.3 Å². The van der Waals surface area contributed by atoms with Gasteiger partial charge in [0.2, 0.25) is 0 Å². The molecule has 0 bridgehead atoms. The minimum absolute atomic E-state index is 0.0463. The van der Waals surface area contributed by atoms with Crippen LogP contribution in [0.4, 0.5) is 0 Å². The molecular formula is C10H15NO. The molecule has 12 heavy (non-hydrogen) atoms. The first-order valence-electron chi connectivity index (χ1n) is 4.19. The highest BCUT2D eigenvalue weighted by molar-refractivity contribution is 5.11. The van der Waals surface area contributed by atoms with E-state index in [4.69, 9.17) is 5.11 Å². The number of hydrogen-bond donors (Lipinski definition) is 2. The van der Waals surface area contributed by atoms with Crippen molar-refractivity contribution in [2.24, 2.45) is 0 Å². The summed E-state index contributed by atoms with van der Waals surface area (Å²) in [5.41, 5.74) is 1.32. The smallest absolute Gasteiger partial charge is 0.0788 e. The highest BCUT2D eigenvalue weighted by Gasteiger charge is 2.10. The second-order valence-corrected chi connectivity index (χ2v) is 2.97. The Kier molecular flexibility index (Phi) is 3.77. The first-order chi connectivity index (χ1) is 5.79. The summed E-state index contributed by atoms with van der Waals surface area (Å²) in [7, 11) is 0. The summed E-state index contributed by atoms with van der Waals surface area (Å²) in [4.78, 5) is 0. The normalized spacial score (nSPS) is 15.8. The largest absolute Gasteiger partial charge is 0.390 e. The lowest BCUT2D eigenvalue weighted by Crippen LogP contribution is -2.46. The Balaban J connectivity index is 0.000000127. The maximum atomic E-state index is 8.39. The van der Waals surface area contributed by atoms with Crippen molar-refractivity contribution in [2.75, 3.05) is 13.1 Å². The van der Waals surface area contributed by atoms with Crippen LogP contribution in [0, 0.1) is 6.92 Å². The Morgan fingerprint density at radius 3 is 1.92 bits per heavy atom. The minimum Gasteiger partial charge on any atom is -0.390 e. The Bertz CT molecular complexity index is 206. The molecule has 0 saturated carbocycles. The van der Waals surface area contributed by atoms with E-state index >= 15 is 0 Å². The van der Waals surface area contributed by atoms with Gasteiger partial charge in [-0.1, -0.05) is 35.9 Å². The van der Waals surface area contributed by atoms with Crippen LogP contribution in [0.3, 0.4) is 0 Å². The van der Waals surface area contributed by atoms with Gasteiger partial charge in [0, 0.05) is 13.1 Å². The summed E-state index contributed by atoms with van der Waals surface area (Å²) in [5, 5.41) is 11.3. The van der Waals surface area contributed by atoms with Crippen LogP contribution in [0.25, 0.3) is 0 Å². The topological polar surface area (TPSA) is 32.3 Å². The van der Waals surface area contributed by atoms with Crippen molar-refractivity contribution < 1.29 is 5.11 Å². The summed E-state index contributed by atoms with van der Waals surface area (Å²) in [6, 6.07) is 10.3. The Hall–Kier alpha value is -0.860. The number of aryl methyl sites for hydroxylation is 1. The first kappa shape index (κ1) is 9.23. The molecule has 1 heterocycles. The van der Waals surface area contributed by atoms with E-state index in [-0.39, 0.29) is 6.10 Å². The molecule has 1 aromatic rings. The van der Waals surface area contributed by atoms with Crippen molar-refractivity contribution in [3.63, 3.8) is 0 Å². The highest BCUT2D eigenvalue weighted by atomic mass is 16.3. The van der Waals surface area contributed by atoms with Crippen molar-refractivity contribution in [3.8, 4) is 0 Å². The third-order valence-corrected chi connectivity index (χ3v) is 1.70. The molecule has 1 aliphatic rings. The van der Waals surface area contributed by atoms with Crippen molar-refractivity contribution in [1.29, 1.82) is 0 Å². The summed E-state index contributed by atoms with van der Waals surface area (Å²) in [6.45, 7) is 3.67. The number of benzene rings is 1. The van der Waals surface area contributed by atoms with Crippen LogP contribution in [0.2, 0.25) is 0 Å². The van der Waals surface area contributed by atoms with E-state index in [9.17, 15) is 0 Å². The Morgan fingerprint density at radius 2 is 1.75 bits per heavy atom. The Labute approximate surface area is 73.2 Å². The molecule has 2 N–H and O–H groups in total. The van der Waals surface area contributed by atoms with Crippen molar-refractivity contribution in [3.05, 3.63) is 35.9 Å². The molecule has 0 unspecified atom stereocenters. The van der Waals surface area contributed by atoms with Gasteiger partial charge in [0.1, 0.15) is 0 Å². The van der Waals surface area contributed by atoms with Gasteiger partial charge in [-0.25, -0.2) is 0 Å². The fourth-order valence-corrected chi connectivity index (χ4v) is 0.808. The molecule has 66 valence electrons. The second-order valence-electron chi connectivity index (χ2n) is 2.97. The number of aliphatic hydroxyl groups excluding tert-OH is 1. The lowest BCUT2D eigenvalue weighted by molar-refractivity contribution is 0.117. The van der Waals surface area contributed by atoms with Crippen molar-refractivity contribution in [2.45, 2.75) is 13.0 Å². The van der Waals surface area contributed by atoms with Crippen LogP contribution in [-0.4, -0.2) is 24.3 Å². The number of hydrogen-bond acceptors (Lipinski definition) is 2. The van der Waals surface area contributed by atoms with E-state index in [1.54, 1.807) is 0 Å². The quantitative estimate of drug-likeness (QED) is 0.600. The first-order valence-corrected chi connectivity index (χ1v) is 4.19. The van der Waals surface area contributed by atoms with Crippen molar-refractivity contribution >= 4 is 0 Å². The molecule has 2 nitrogen and oxygen atoms in total. The average molecular weight is 165 g/mol. The summed E-state index contributed by atoms with van der Waals surface area (Å²) >= 11 is 0. The lowest BCUT2D eigenvalue weighted by atomic mass is 10.2. The van der Waals surface area contributed by atoms with E-state index in [0.717, 1.165) is 13.1 Å². The molecule has 0 aromatic heterocycles. The molecule has 0 spiro atoms. The second kappa shape index (κ2) is 4.91. The van der Waals surface area contributed by atoms with E-state index < -0.39 is 0 Å². The lowest BCUT2D eigenvalue weighted by Gasteiger charge is -2.20. The van der Waals surface area contributed by atoms with Crippen molar-refractivity contribution in [1.82, 2.24) is 5.32 Å². The van der Waals surface area contributed by atoms with Gasteiger partial charge in [0.25, 0.3) is 0 Å². The van der Waals surface area contributed by atoms with Gasteiger partial charge in [0.15, 0.2) is 0 Å². The maximum absolute atomic E-state index is 8.39. The van der Waals surface area contributed by atoms with Gasteiger partial charge < -0.3 is 10.4 Å².